The van der Waals surface area contributed by atoms with E-state index in [1.54, 1.807) is 16.7 Å². The maximum absolute atomic E-state index is 12.2. The average molecular weight is 376 g/mol. The van der Waals surface area contributed by atoms with E-state index in [1.165, 1.54) is 7.11 Å². The quantitative estimate of drug-likeness (QED) is 0.400. The van der Waals surface area contributed by atoms with E-state index in [2.05, 4.69) is 15.0 Å². The van der Waals surface area contributed by atoms with Crippen LogP contribution in [0.15, 0.2) is 21.7 Å². The Morgan fingerprint density at radius 1 is 1.22 bits per heavy atom. The summed E-state index contributed by atoms with van der Waals surface area (Å²) in [6, 6.07) is 3.45. The number of rotatable bonds is 6. The molecule has 2 heterocycles. The molecule has 0 radical (unpaired) electrons. The molecule has 2 unspecified atom stereocenters. The summed E-state index contributed by atoms with van der Waals surface area (Å²) in [6.45, 7) is 1.37. The number of aromatic nitrogens is 4. The Morgan fingerprint density at radius 2 is 1.96 bits per heavy atom. The van der Waals surface area contributed by atoms with E-state index in [1.807, 2.05) is 6.92 Å². The van der Waals surface area contributed by atoms with E-state index in [4.69, 9.17) is 9.84 Å². The van der Waals surface area contributed by atoms with Crippen LogP contribution in [-0.2, 0) is 6.54 Å². The minimum atomic E-state index is -1.30. The van der Waals surface area contributed by atoms with E-state index >= 15 is 0 Å². The van der Waals surface area contributed by atoms with E-state index in [0.717, 1.165) is 5.56 Å². The highest BCUT2D eigenvalue weighted by atomic mass is 16.5. The third-order valence-electron chi connectivity index (χ3n) is 4.41. The zero-order valence-electron chi connectivity index (χ0n) is 14.8. The second kappa shape index (κ2) is 7.43. The van der Waals surface area contributed by atoms with E-state index in [0.29, 0.717) is 16.8 Å². The zero-order chi connectivity index (χ0) is 19.7. The van der Waals surface area contributed by atoms with Gasteiger partial charge in [-0.15, -0.1) is 0 Å². The van der Waals surface area contributed by atoms with Gasteiger partial charge in [-0.05, 0) is 25.0 Å². The molecule has 0 amide bonds. The van der Waals surface area contributed by atoms with Crippen molar-refractivity contribution in [3.63, 3.8) is 0 Å². The fourth-order valence-corrected chi connectivity index (χ4v) is 2.95. The molecule has 0 saturated heterocycles. The van der Waals surface area contributed by atoms with Gasteiger partial charge in [0.25, 0.3) is 5.56 Å². The first-order chi connectivity index (χ1) is 12.8. The first-order valence-electron chi connectivity index (χ1n) is 8.32. The van der Waals surface area contributed by atoms with Crippen molar-refractivity contribution in [3.8, 4) is 17.3 Å². The molecule has 2 aliphatic heterocycles. The normalized spacial score (nSPS) is 13.8. The van der Waals surface area contributed by atoms with Crippen LogP contribution < -0.4 is 16.0 Å². The van der Waals surface area contributed by atoms with Crippen LogP contribution in [-0.4, -0.2) is 60.8 Å². The summed E-state index contributed by atoms with van der Waals surface area (Å²) in [5, 5.41) is 28.5. The Kier molecular flexibility index (Phi) is 5.22. The molecule has 1 aromatic carbocycles. The topological polar surface area (TPSA) is 151 Å². The number of methoxy groups -OCH3 is 1. The van der Waals surface area contributed by atoms with Crippen molar-refractivity contribution in [2.45, 2.75) is 32.1 Å². The fourth-order valence-electron chi connectivity index (χ4n) is 2.95. The smallest absolute Gasteiger partial charge is 0.349 e. The fraction of sp³-hybridized carbons (Fsp3) is 0.412. The average Bonchev–Trinajstić information content (AvgIpc) is 2.64. The largest absolute Gasteiger partial charge is 0.496 e. The number of benzene rings is 1. The van der Waals surface area contributed by atoms with Gasteiger partial charge in [-0.1, -0.05) is 0 Å². The predicted octanol–water partition coefficient (Wildman–Crippen LogP) is -0.994. The first-order valence-corrected chi connectivity index (χ1v) is 8.32. The molecular weight excluding hydrogens is 356 g/mol. The number of hydrogen-bond acceptors (Lipinski definition) is 8. The molecule has 0 aliphatic carbocycles. The lowest BCUT2D eigenvalue weighted by Gasteiger charge is -2.20. The van der Waals surface area contributed by atoms with Crippen molar-refractivity contribution < 1.29 is 20.1 Å². The van der Waals surface area contributed by atoms with Crippen molar-refractivity contribution in [2.24, 2.45) is 0 Å². The second-order valence-corrected chi connectivity index (χ2v) is 6.22. The summed E-state index contributed by atoms with van der Waals surface area (Å²) >= 11 is 0. The minimum Gasteiger partial charge on any atom is -0.496 e. The molecule has 1 aromatic rings. The summed E-state index contributed by atoms with van der Waals surface area (Å²) < 4.78 is 6.91. The monoisotopic (exact) mass is 376 g/mol. The summed E-state index contributed by atoms with van der Waals surface area (Å²) in [5.74, 6) is 0.647. The van der Waals surface area contributed by atoms with Gasteiger partial charge in [-0.3, -0.25) is 9.78 Å². The van der Waals surface area contributed by atoms with Crippen LogP contribution in [0, 0.1) is 6.92 Å². The van der Waals surface area contributed by atoms with Gasteiger partial charge in [0.15, 0.2) is 11.5 Å². The maximum Gasteiger partial charge on any atom is 0.349 e. The van der Waals surface area contributed by atoms with Crippen molar-refractivity contribution in [1.82, 2.24) is 19.5 Å². The number of nitrogens with one attached hydrogen (secondary N) is 1. The van der Waals surface area contributed by atoms with Crippen LogP contribution in [0.3, 0.4) is 0 Å². The van der Waals surface area contributed by atoms with Crippen LogP contribution in [0.1, 0.15) is 12.0 Å². The molecule has 0 bridgehead atoms. The summed E-state index contributed by atoms with van der Waals surface area (Å²) in [6.07, 6.45) is -2.44. The van der Waals surface area contributed by atoms with Gasteiger partial charge >= 0.3 is 5.69 Å². The van der Waals surface area contributed by atoms with Gasteiger partial charge in [0.1, 0.15) is 11.9 Å². The lowest BCUT2D eigenvalue weighted by molar-refractivity contribution is -0.0191. The molecule has 10 nitrogen and oxygen atoms in total. The molecule has 2 aliphatic rings. The number of aliphatic hydroxyl groups excluding tert-OH is 3. The Balaban J connectivity index is 2.24. The van der Waals surface area contributed by atoms with E-state index in [9.17, 15) is 19.8 Å². The molecule has 27 heavy (non-hydrogen) atoms. The molecular formula is C17H20N4O6. The highest BCUT2D eigenvalue weighted by Gasteiger charge is 2.22. The SMILES string of the molecule is COc1cc2c(cc1C)nc1c(=O)[nH]c(=O)nc-1n2CCC(O)C(O)CO. The molecule has 4 N–H and O–H groups in total. The summed E-state index contributed by atoms with van der Waals surface area (Å²) in [5.41, 5.74) is 0.368. The highest BCUT2D eigenvalue weighted by molar-refractivity contribution is 5.81. The molecule has 10 heteroatoms. The van der Waals surface area contributed by atoms with Crippen LogP contribution in [0.5, 0.6) is 5.75 Å². The Labute approximate surface area is 153 Å². The number of aromatic amines is 1. The van der Waals surface area contributed by atoms with Gasteiger partial charge in [0.2, 0.25) is 0 Å². The Hall–Kier alpha value is -2.82. The third kappa shape index (κ3) is 3.54. The van der Waals surface area contributed by atoms with Crippen molar-refractivity contribution in [1.29, 1.82) is 0 Å². The zero-order valence-corrected chi connectivity index (χ0v) is 14.8. The highest BCUT2D eigenvalue weighted by Crippen LogP contribution is 2.28. The van der Waals surface area contributed by atoms with Crippen molar-refractivity contribution >= 4 is 11.0 Å². The number of aryl methyl sites for hydroxylation is 2. The first kappa shape index (κ1) is 19.0. The van der Waals surface area contributed by atoms with Crippen molar-refractivity contribution in [2.75, 3.05) is 13.7 Å². The Morgan fingerprint density at radius 3 is 2.63 bits per heavy atom. The maximum atomic E-state index is 12.2. The number of H-pyrrole nitrogens is 1. The lowest BCUT2D eigenvalue weighted by atomic mass is 10.1. The molecule has 0 spiro atoms. The number of aliphatic hydroxyl groups is 3. The van der Waals surface area contributed by atoms with E-state index < -0.39 is 30.1 Å². The number of nitrogens with zero attached hydrogens (tertiary/aromatic N) is 3. The van der Waals surface area contributed by atoms with Gasteiger partial charge in [0.05, 0.1) is 30.9 Å². The van der Waals surface area contributed by atoms with Crippen LogP contribution in [0.25, 0.3) is 22.6 Å². The van der Waals surface area contributed by atoms with Crippen LogP contribution >= 0.6 is 0 Å². The molecule has 0 fully saturated rings. The summed E-state index contributed by atoms with van der Waals surface area (Å²) in [4.78, 5) is 34.2. The number of ether oxygens (including phenoxy) is 1. The van der Waals surface area contributed by atoms with E-state index in [-0.39, 0.29) is 24.5 Å². The third-order valence-corrected chi connectivity index (χ3v) is 4.41. The van der Waals surface area contributed by atoms with Gasteiger partial charge in [-0.2, -0.15) is 4.98 Å². The number of hydrogen-bond donors (Lipinski definition) is 4. The van der Waals surface area contributed by atoms with Crippen LogP contribution in [0.4, 0.5) is 0 Å². The molecule has 3 rings (SSSR count). The predicted molar refractivity (Wildman–Crippen MR) is 96.0 cm³/mol. The lowest BCUT2D eigenvalue weighted by Crippen LogP contribution is -2.32. The standard InChI is InChI=1S/C17H20N4O6/c1-8-5-9-10(6-13(8)27-2)21(4-3-11(23)12(24)7-22)15-14(18-9)16(25)20-17(26)19-15/h5-6,11-12,22-24H,3-4,7H2,1-2H3,(H,20,25,26). The molecule has 0 aromatic heterocycles. The van der Waals surface area contributed by atoms with Gasteiger partial charge in [-0.25, -0.2) is 9.78 Å². The second-order valence-electron chi connectivity index (χ2n) is 6.22. The molecule has 2 atom stereocenters. The van der Waals surface area contributed by atoms with Gasteiger partial charge in [0, 0.05) is 12.6 Å². The van der Waals surface area contributed by atoms with Crippen LogP contribution in [0.2, 0.25) is 0 Å². The Bertz CT molecular complexity index is 1060. The molecule has 0 saturated carbocycles. The minimum absolute atomic E-state index is 0.0103. The molecule has 144 valence electrons. The van der Waals surface area contributed by atoms with Crippen molar-refractivity contribution in [3.05, 3.63) is 38.5 Å². The van der Waals surface area contributed by atoms with Gasteiger partial charge < -0.3 is 24.6 Å². The number of fused-ring (bicyclic) bond motifs is 2. The summed E-state index contributed by atoms with van der Waals surface area (Å²) in [7, 11) is 1.52.